The maximum Gasteiger partial charge on any atom is 0.329 e. The number of nitrogens with zero attached hydrogens (tertiary/aromatic N) is 2. The third kappa shape index (κ3) is 4.32. The van der Waals surface area contributed by atoms with Crippen LogP contribution in [0, 0.1) is 6.92 Å². The van der Waals surface area contributed by atoms with Crippen molar-refractivity contribution < 1.29 is 19.1 Å². The Morgan fingerprint density at radius 3 is 2.53 bits per heavy atom. The lowest BCUT2D eigenvalue weighted by Crippen LogP contribution is -2.51. The van der Waals surface area contributed by atoms with E-state index in [1.165, 1.54) is 18.2 Å². The molecule has 0 aromatic heterocycles. The fourth-order valence-electron chi connectivity index (χ4n) is 5.07. The van der Waals surface area contributed by atoms with Gasteiger partial charge < -0.3 is 9.64 Å². The van der Waals surface area contributed by atoms with Crippen molar-refractivity contribution in [2.24, 2.45) is 0 Å². The normalized spacial score (nSPS) is 22.5. The second kappa shape index (κ2) is 8.93. The molecular formula is C25H34N2O4S. The molecule has 2 atom stereocenters. The fourth-order valence-corrected chi connectivity index (χ4v) is 5.97. The highest BCUT2D eigenvalue weighted by Gasteiger charge is 2.42. The molecule has 0 unspecified atom stereocenters. The minimum Gasteiger partial charge on any atom is -0.464 e. The summed E-state index contributed by atoms with van der Waals surface area (Å²) in [5.41, 5.74) is 4.52. The summed E-state index contributed by atoms with van der Waals surface area (Å²) in [5.74, 6) is -0.650. The smallest absolute Gasteiger partial charge is 0.329 e. The SMILES string of the molecule is CCOC(=O)[C@@H](C)N1C(=O)S/C(=C/c2cc3c(cc2C)N(C(C)C)C(C)(C)C[C@H]3C)C1=O. The minimum atomic E-state index is -0.945. The summed E-state index contributed by atoms with van der Waals surface area (Å²) in [7, 11) is 0. The topological polar surface area (TPSA) is 66.9 Å². The molecule has 32 heavy (non-hydrogen) atoms. The van der Waals surface area contributed by atoms with E-state index in [-0.39, 0.29) is 12.1 Å². The number of rotatable bonds is 5. The van der Waals surface area contributed by atoms with Crippen molar-refractivity contribution in [3.8, 4) is 0 Å². The van der Waals surface area contributed by atoms with Crippen LogP contribution in [0.15, 0.2) is 17.0 Å². The molecule has 2 amide bonds. The molecule has 0 aliphatic carbocycles. The lowest BCUT2D eigenvalue weighted by Gasteiger charge is -2.50. The number of esters is 1. The Labute approximate surface area is 195 Å². The van der Waals surface area contributed by atoms with E-state index in [9.17, 15) is 14.4 Å². The highest BCUT2D eigenvalue weighted by atomic mass is 32.2. The summed E-state index contributed by atoms with van der Waals surface area (Å²) in [5, 5.41) is -0.446. The van der Waals surface area contributed by atoms with Crippen LogP contribution in [0.2, 0.25) is 0 Å². The van der Waals surface area contributed by atoms with Gasteiger partial charge in [0.15, 0.2) is 0 Å². The summed E-state index contributed by atoms with van der Waals surface area (Å²) in [6.07, 6.45) is 2.82. The van der Waals surface area contributed by atoms with E-state index in [2.05, 4.69) is 51.7 Å². The van der Waals surface area contributed by atoms with Gasteiger partial charge in [0.25, 0.3) is 11.1 Å². The summed E-state index contributed by atoms with van der Waals surface area (Å²) >= 11 is 0.873. The molecule has 6 nitrogen and oxygen atoms in total. The number of ether oxygens (including phenoxy) is 1. The number of hydrogen-bond donors (Lipinski definition) is 0. The first-order valence-corrected chi connectivity index (χ1v) is 12.1. The van der Waals surface area contributed by atoms with Gasteiger partial charge in [-0.3, -0.25) is 14.5 Å². The second-order valence-corrected chi connectivity index (χ2v) is 10.6. The summed E-state index contributed by atoms with van der Waals surface area (Å²) < 4.78 is 4.99. The Morgan fingerprint density at radius 1 is 1.28 bits per heavy atom. The molecule has 0 N–H and O–H groups in total. The van der Waals surface area contributed by atoms with Gasteiger partial charge in [-0.1, -0.05) is 6.92 Å². The number of amides is 2. The predicted octanol–water partition coefficient (Wildman–Crippen LogP) is 5.48. The summed E-state index contributed by atoms with van der Waals surface area (Å²) in [6, 6.07) is 3.77. The third-order valence-electron chi connectivity index (χ3n) is 6.31. The van der Waals surface area contributed by atoms with Crippen LogP contribution in [0.5, 0.6) is 0 Å². The number of fused-ring (bicyclic) bond motifs is 1. The van der Waals surface area contributed by atoms with E-state index in [0.717, 1.165) is 34.2 Å². The van der Waals surface area contributed by atoms with Gasteiger partial charge in [0, 0.05) is 17.3 Å². The van der Waals surface area contributed by atoms with Crippen LogP contribution in [0.1, 0.15) is 77.5 Å². The molecule has 0 bridgehead atoms. The van der Waals surface area contributed by atoms with Gasteiger partial charge >= 0.3 is 5.97 Å². The van der Waals surface area contributed by atoms with Gasteiger partial charge in [0.2, 0.25) is 0 Å². The third-order valence-corrected chi connectivity index (χ3v) is 7.19. The summed E-state index contributed by atoms with van der Waals surface area (Å²) in [4.78, 5) is 41.3. The van der Waals surface area contributed by atoms with E-state index < -0.39 is 23.2 Å². The number of aryl methyl sites for hydroxylation is 1. The standard InChI is InChI=1S/C25H34N2O4S/c1-9-31-23(29)17(6)26-22(28)21(32-24(26)30)12-18-11-19-16(5)13-25(7,8)27(14(2)3)20(19)10-15(18)4/h10-12,14,16-17H,9,13H2,1-8H3/b21-12+/t16-,17-/m1/s1. The number of benzene rings is 1. The molecule has 1 saturated heterocycles. The Kier molecular flexibility index (Phi) is 6.80. The van der Waals surface area contributed by atoms with Crippen molar-refractivity contribution in [1.29, 1.82) is 0 Å². The monoisotopic (exact) mass is 458 g/mol. The van der Waals surface area contributed by atoms with E-state index in [1.54, 1.807) is 13.0 Å². The van der Waals surface area contributed by atoms with Crippen LogP contribution in [0.25, 0.3) is 6.08 Å². The lowest BCUT2D eigenvalue weighted by atomic mass is 9.78. The zero-order valence-electron chi connectivity index (χ0n) is 20.3. The molecule has 2 aliphatic rings. The van der Waals surface area contributed by atoms with Crippen molar-refractivity contribution in [2.45, 2.75) is 85.4 Å². The van der Waals surface area contributed by atoms with Gasteiger partial charge in [-0.15, -0.1) is 0 Å². The van der Waals surface area contributed by atoms with Gasteiger partial charge in [0.05, 0.1) is 11.5 Å². The molecule has 7 heteroatoms. The van der Waals surface area contributed by atoms with Crippen molar-refractivity contribution in [1.82, 2.24) is 4.90 Å². The average molecular weight is 459 g/mol. The van der Waals surface area contributed by atoms with E-state index in [1.807, 2.05) is 6.92 Å². The predicted molar refractivity (Wildman–Crippen MR) is 130 cm³/mol. The van der Waals surface area contributed by atoms with Crippen LogP contribution in [-0.2, 0) is 14.3 Å². The van der Waals surface area contributed by atoms with Crippen LogP contribution in [0.4, 0.5) is 10.5 Å². The maximum atomic E-state index is 13.0. The van der Waals surface area contributed by atoms with E-state index >= 15 is 0 Å². The maximum absolute atomic E-state index is 13.0. The molecule has 1 aromatic carbocycles. The molecular weight excluding hydrogens is 424 g/mol. The Balaban J connectivity index is 1.99. The van der Waals surface area contributed by atoms with Gasteiger partial charge in [-0.25, -0.2) is 4.79 Å². The molecule has 3 rings (SSSR count). The Bertz CT molecular complexity index is 982. The number of imide groups is 1. The van der Waals surface area contributed by atoms with E-state index in [4.69, 9.17) is 4.74 Å². The van der Waals surface area contributed by atoms with Crippen molar-refractivity contribution in [3.63, 3.8) is 0 Å². The second-order valence-electron chi connectivity index (χ2n) is 9.63. The quantitative estimate of drug-likeness (QED) is 0.430. The fraction of sp³-hybridized carbons (Fsp3) is 0.560. The van der Waals surface area contributed by atoms with Gasteiger partial charge in [-0.2, -0.15) is 0 Å². The highest BCUT2D eigenvalue weighted by molar-refractivity contribution is 8.18. The number of carbonyl (C=O) groups excluding carboxylic acids is 3. The molecule has 174 valence electrons. The number of anilines is 1. The Hall–Kier alpha value is -2.28. The molecule has 0 radical (unpaired) electrons. The molecule has 2 heterocycles. The van der Waals surface area contributed by atoms with Crippen LogP contribution in [0.3, 0.4) is 0 Å². The molecule has 2 aliphatic heterocycles. The first-order valence-electron chi connectivity index (χ1n) is 11.3. The van der Waals surface area contributed by atoms with Gasteiger partial charge in [-0.05, 0) is 107 Å². The zero-order chi connectivity index (χ0) is 24.0. The number of hydrogen-bond acceptors (Lipinski definition) is 6. The molecule has 0 spiro atoms. The number of thioether (sulfide) groups is 1. The minimum absolute atomic E-state index is 0.0560. The molecule has 1 fully saturated rings. The zero-order valence-corrected chi connectivity index (χ0v) is 21.1. The molecule has 0 saturated carbocycles. The first-order chi connectivity index (χ1) is 14.9. The van der Waals surface area contributed by atoms with Crippen molar-refractivity contribution in [2.75, 3.05) is 11.5 Å². The average Bonchev–Trinajstić information content (AvgIpc) is 2.94. The van der Waals surface area contributed by atoms with Gasteiger partial charge in [0.1, 0.15) is 6.04 Å². The van der Waals surface area contributed by atoms with Crippen LogP contribution < -0.4 is 4.90 Å². The van der Waals surface area contributed by atoms with Crippen LogP contribution in [-0.4, -0.2) is 46.2 Å². The van der Waals surface area contributed by atoms with E-state index in [0.29, 0.717) is 16.9 Å². The lowest BCUT2D eigenvalue weighted by molar-refractivity contribution is -0.150. The first kappa shape index (κ1) is 24.4. The van der Waals surface area contributed by atoms with Crippen molar-refractivity contribution in [3.05, 3.63) is 33.7 Å². The summed E-state index contributed by atoms with van der Waals surface area (Å²) in [6.45, 7) is 16.7. The Morgan fingerprint density at radius 2 is 1.94 bits per heavy atom. The number of carbonyl (C=O) groups is 3. The highest BCUT2D eigenvalue weighted by Crippen LogP contribution is 2.46. The van der Waals surface area contributed by atoms with Crippen molar-refractivity contribution >= 4 is 40.6 Å². The largest absolute Gasteiger partial charge is 0.464 e. The van der Waals surface area contributed by atoms with Crippen LogP contribution >= 0.6 is 11.8 Å². The molecule has 1 aromatic rings.